The van der Waals surface area contributed by atoms with Crippen LogP contribution in [0.5, 0.6) is 0 Å². The summed E-state index contributed by atoms with van der Waals surface area (Å²) >= 11 is 0. The lowest BCUT2D eigenvalue weighted by molar-refractivity contribution is -0.172. The number of aryl methyl sites for hydroxylation is 1. The van der Waals surface area contributed by atoms with Crippen LogP contribution in [-0.4, -0.2) is 92.4 Å². The number of pyridine rings is 2. The van der Waals surface area contributed by atoms with E-state index in [1.807, 2.05) is 0 Å². The molecule has 21 nitrogen and oxygen atoms in total. The largest absolute Gasteiger partial charge is 0.458 e. The van der Waals surface area contributed by atoms with E-state index in [4.69, 9.17) is 20.2 Å². The zero-order chi connectivity index (χ0) is 53.9. The summed E-state index contributed by atoms with van der Waals surface area (Å²) in [7, 11) is 0. The van der Waals surface area contributed by atoms with Gasteiger partial charge in [-0.05, 0) is 98.2 Å². The van der Waals surface area contributed by atoms with Crippen LogP contribution in [0.2, 0.25) is 0 Å². The molecule has 0 spiro atoms. The molecule has 0 unspecified atom stereocenters. The summed E-state index contributed by atoms with van der Waals surface area (Å²) in [6.07, 6.45) is 2.53. The minimum Gasteiger partial charge on any atom is -0.458 e. The number of amides is 8. The summed E-state index contributed by atoms with van der Waals surface area (Å²) in [5.41, 5.74) is 7.45. The quantitative estimate of drug-likeness (QED) is 0.0328. The first-order valence-electron chi connectivity index (χ1n) is 25.4. The molecular weight excluding hydrogens is 974 g/mol. The molecule has 1 aliphatic carbocycles. The van der Waals surface area contributed by atoms with E-state index in [0.29, 0.717) is 88.9 Å². The highest BCUT2D eigenvalue weighted by Gasteiger charge is 2.46. The minimum absolute atomic E-state index is 0.0409. The number of anilines is 1. The topological polar surface area (TPSA) is 300 Å². The van der Waals surface area contributed by atoms with Crippen molar-refractivity contribution in [2.75, 3.05) is 18.4 Å². The van der Waals surface area contributed by atoms with E-state index in [0.717, 1.165) is 5.56 Å². The number of nitrogens with zero attached hydrogens (tertiary/aromatic N) is 3. The predicted octanol–water partition coefficient (Wildman–Crippen LogP) is 4.16. The Bertz CT molecular complexity index is 3030. The SMILES string of the molecule is CC[C@@]1(O)C(=O)OCc2c1cc1n(c2=O)Cc2c-1nc1cc(F)c(C)c3c1c2[C@@H](NC(=O)OCc1ccc(NC(=O)[C@H](CCCNC(N)=O)NC(=O)[C@@H](NC(=O)CCCCCN2C(=O)CCC2=O)C(C)C)cc1)CC3. The summed E-state index contributed by atoms with van der Waals surface area (Å²) in [6.45, 7) is 6.83. The standard InChI is InChI=1S/C53H62FN9O12/c1-5-53(73)34-22-39-46-32(24-63(39)49(69)33(34)26-74-50(53)70)44-36(17-16-31-28(4)35(54)23-38(58-46)43(31)44)60-52(72)75-25-29-12-14-30(15-13-29)57-47(67)37(10-9-20-56-51(55)71)59-48(68)45(27(2)3)61-40(64)11-7-6-8-21-62-41(65)18-19-42(62)66/h12-15,22-23,27,36-37,45,73H,5-11,16-21,24-26H2,1-4H3,(H,57,67)(H,59,68)(H,60,72)(H,61,64)(H3,55,56,71)/t36-,37-,45-,53-/m0/s1. The molecule has 398 valence electrons. The molecule has 2 aromatic heterocycles. The molecule has 4 aromatic rings. The number of urea groups is 1. The van der Waals surface area contributed by atoms with Crippen molar-refractivity contribution in [2.24, 2.45) is 11.7 Å². The molecule has 75 heavy (non-hydrogen) atoms. The van der Waals surface area contributed by atoms with Gasteiger partial charge < -0.3 is 51.5 Å². The molecule has 0 saturated carbocycles. The van der Waals surface area contributed by atoms with Crippen LogP contribution < -0.4 is 37.9 Å². The fourth-order valence-corrected chi connectivity index (χ4v) is 10.4. The lowest BCUT2D eigenvalue weighted by Gasteiger charge is -2.31. The third-order valence-corrected chi connectivity index (χ3v) is 14.6. The van der Waals surface area contributed by atoms with Gasteiger partial charge in [-0.25, -0.2) is 23.8 Å². The minimum atomic E-state index is -2.04. The highest BCUT2D eigenvalue weighted by molar-refractivity contribution is 6.02. The zero-order valence-corrected chi connectivity index (χ0v) is 42.3. The lowest BCUT2D eigenvalue weighted by Crippen LogP contribution is -2.54. The van der Waals surface area contributed by atoms with Gasteiger partial charge in [-0.3, -0.25) is 33.7 Å². The van der Waals surface area contributed by atoms with E-state index in [2.05, 4.69) is 26.6 Å². The third kappa shape index (κ3) is 11.2. The Labute approximate surface area is 430 Å². The van der Waals surface area contributed by atoms with Gasteiger partial charge in [0.15, 0.2) is 5.60 Å². The predicted molar refractivity (Wildman–Crippen MR) is 269 cm³/mol. The number of likely N-dealkylation sites (tertiary alicyclic amines) is 1. The number of cyclic esters (lactones) is 1. The molecule has 1 fully saturated rings. The van der Waals surface area contributed by atoms with Crippen molar-refractivity contribution in [3.63, 3.8) is 0 Å². The number of carbonyl (C=O) groups is 8. The van der Waals surface area contributed by atoms with E-state index in [9.17, 15) is 48.3 Å². The van der Waals surface area contributed by atoms with E-state index in [1.165, 1.54) is 15.5 Å². The number of benzene rings is 2. The van der Waals surface area contributed by atoms with Crippen molar-refractivity contribution in [1.29, 1.82) is 0 Å². The molecule has 8 amide bonds. The summed E-state index contributed by atoms with van der Waals surface area (Å²) in [6, 6.07) is 5.92. The average Bonchev–Trinajstić information content (AvgIpc) is 3.95. The van der Waals surface area contributed by atoms with Gasteiger partial charge in [0.05, 0.1) is 35.1 Å². The molecule has 4 aliphatic rings. The van der Waals surface area contributed by atoms with Gasteiger partial charge in [-0.15, -0.1) is 0 Å². The van der Waals surface area contributed by atoms with Gasteiger partial charge in [0.25, 0.3) is 5.56 Å². The molecule has 8 N–H and O–H groups in total. The number of esters is 1. The second kappa shape index (κ2) is 22.4. The Morgan fingerprint density at radius 2 is 1.68 bits per heavy atom. The van der Waals surface area contributed by atoms with Crippen molar-refractivity contribution in [3.05, 3.63) is 91.5 Å². The lowest BCUT2D eigenvalue weighted by atomic mass is 9.81. The molecule has 2 aromatic carbocycles. The molecule has 1 saturated heterocycles. The van der Waals surface area contributed by atoms with Gasteiger partial charge in [0.1, 0.15) is 31.1 Å². The Morgan fingerprint density at radius 1 is 0.947 bits per heavy atom. The number of ether oxygens (including phenoxy) is 2. The van der Waals surface area contributed by atoms with Crippen LogP contribution >= 0.6 is 0 Å². The van der Waals surface area contributed by atoms with Crippen LogP contribution in [0.1, 0.15) is 130 Å². The Morgan fingerprint density at radius 3 is 2.37 bits per heavy atom. The van der Waals surface area contributed by atoms with E-state index < -0.39 is 65.0 Å². The summed E-state index contributed by atoms with van der Waals surface area (Å²) in [5, 5.41) is 25.8. The molecular formula is C53H62FN9O12. The number of unbranched alkanes of at least 4 members (excludes halogenated alkanes) is 2. The number of primary amides is 1. The number of fused-ring (bicyclic) bond motifs is 5. The second-order valence-electron chi connectivity index (χ2n) is 19.8. The Balaban J connectivity index is 0.902. The van der Waals surface area contributed by atoms with Crippen molar-refractivity contribution in [2.45, 2.75) is 142 Å². The Kier molecular flexibility index (Phi) is 16.0. The molecule has 0 radical (unpaired) electrons. The first-order valence-corrected chi connectivity index (χ1v) is 25.4. The molecule has 5 heterocycles. The fraction of sp³-hybridized carbons (Fsp3) is 0.472. The number of halogens is 1. The number of alkyl carbamates (subject to hydrolysis) is 1. The number of aliphatic hydroxyl groups is 1. The molecule has 3 aliphatic heterocycles. The number of nitrogens with one attached hydrogen (secondary N) is 5. The van der Waals surface area contributed by atoms with E-state index in [1.54, 1.807) is 58.0 Å². The van der Waals surface area contributed by atoms with Gasteiger partial charge >= 0.3 is 18.1 Å². The number of nitrogens with two attached hydrogens (primary N) is 1. The molecule has 8 rings (SSSR count). The highest BCUT2D eigenvalue weighted by atomic mass is 19.1. The number of hydrogen-bond donors (Lipinski definition) is 7. The average molecular weight is 1040 g/mol. The zero-order valence-electron chi connectivity index (χ0n) is 42.3. The number of aromatic nitrogens is 2. The number of carbonyl (C=O) groups excluding carboxylic acids is 8. The van der Waals surface area contributed by atoms with Crippen LogP contribution in [0.4, 0.5) is 19.7 Å². The van der Waals surface area contributed by atoms with Crippen LogP contribution in [0, 0.1) is 18.7 Å². The maximum Gasteiger partial charge on any atom is 0.407 e. The molecule has 4 atom stereocenters. The van der Waals surface area contributed by atoms with Gasteiger partial charge in [-0.2, -0.15) is 0 Å². The van der Waals surface area contributed by atoms with Crippen LogP contribution in [0.25, 0.3) is 22.3 Å². The van der Waals surface area contributed by atoms with Crippen molar-refractivity contribution in [3.8, 4) is 11.4 Å². The van der Waals surface area contributed by atoms with Crippen molar-refractivity contribution in [1.82, 2.24) is 35.7 Å². The number of hydrogen-bond acceptors (Lipinski definition) is 13. The van der Waals surface area contributed by atoms with Gasteiger partial charge in [0, 0.05) is 60.6 Å². The first-order chi connectivity index (χ1) is 35.8. The summed E-state index contributed by atoms with van der Waals surface area (Å²) in [4.78, 5) is 122. The van der Waals surface area contributed by atoms with E-state index >= 15 is 4.39 Å². The van der Waals surface area contributed by atoms with Gasteiger partial charge in [-0.1, -0.05) is 39.3 Å². The highest BCUT2D eigenvalue weighted by Crippen LogP contribution is 2.46. The monoisotopic (exact) mass is 1040 g/mol. The normalized spacial score (nSPS) is 18.1. The Hall–Kier alpha value is -7.75. The number of imide groups is 1. The molecule has 0 bridgehead atoms. The molecule has 22 heteroatoms. The maximum atomic E-state index is 15.4. The van der Waals surface area contributed by atoms with Crippen LogP contribution in [-0.2, 0) is 70.0 Å². The third-order valence-electron chi connectivity index (χ3n) is 14.6. The summed E-state index contributed by atoms with van der Waals surface area (Å²) < 4.78 is 27.8. The van der Waals surface area contributed by atoms with Crippen LogP contribution in [0.3, 0.4) is 0 Å². The number of rotatable bonds is 20. The maximum absolute atomic E-state index is 15.4. The first kappa shape index (κ1) is 53.5. The van der Waals surface area contributed by atoms with Crippen LogP contribution in [0.15, 0.2) is 41.2 Å². The second-order valence-corrected chi connectivity index (χ2v) is 19.8. The van der Waals surface area contributed by atoms with E-state index in [-0.39, 0.29) is 99.6 Å². The smallest absolute Gasteiger partial charge is 0.407 e. The summed E-state index contributed by atoms with van der Waals surface area (Å²) in [5.74, 6) is -3.58. The van der Waals surface area contributed by atoms with Crippen molar-refractivity contribution < 1.29 is 57.3 Å². The fourth-order valence-electron chi connectivity index (χ4n) is 10.4. The van der Waals surface area contributed by atoms with Gasteiger partial charge in [0.2, 0.25) is 29.5 Å². The van der Waals surface area contributed by atoms with Crippen molar-refractivity contribution >= 4 is 64.2 Å².